The van der Waals surface area contributed by atoms with Crippen molar-refractivity contribution in [1.29, 1.82) is 0 Å². The Bertz CT molecular complexity index is 960. The molecule has 0 saturated carbocycles. The van der Waals surface area contributed by atoms with Gasteiger partial charge < -0.3 is 20.9 Å². The highest BCUT2D eigenvalue weighted by Crippen LogP contribution is 2.35. The van der Waals surface area contributed by atoms with Gasteiger partial charge in [0, 0.05) is 18.9 Å². The van der Waals surface area contributed by atoms with Crippen molar-refractivity contribution in [2.45, 2.75) is 0 Å². The van der Waals surface area contributed by atoms with E-state index in [4.69, 9.17) is 20.9 Å². The van der Waals surface area contributed by atoms with Crippen molar-refractivity contribution in [2.24, 2.45) is 5.73 Å². The van der Waals surface area contributed by atoms with Crippen molar-refractivity contribution in [1.82, 2.24) is 4.98 Å². The average molecular weight is 341 g/mol. The first-order valence-electron chi connectivity index (χ1n) is 7.41. The summed E-state index contributed by atoms with van der Waals surface area (Å²) in [6, 6.07) is 10.9. The zero-order valence-electron chi connectivity index (χ0n) is 13.5. The molecule has 25 heavy (non-hydrogen) atoms. The number of aromatic nitrogens is 1. The SMILES string of the molecule is COCOc1cc(-c2ncc(C(N)=O)c(N)c2F)c2ccccc2c1. The predicted molar refractivity (Wildman–Crippen MR) is 92.6 cm³/mol. The highest BCUT2D eigenvalue weighted by Gasteiger charge is 2.19. The predicted octanol–water partition coefficient (Wildman–Crippen LogP) is 2.70. The third-order valence-electron chi connectivity index (χ3n) is 3.76. The first-order valence-corrected chi connectivity index (χ1v) is 7.41. The van der Waals surface area contributed by atoms with Crippen molar-refractivity contribution in [3.63, 3.8) is 0 Å². The number of fused-ring (bicyclic) bond motifs is 1. The van der Waals surface area contributed by atoms with Crippen LogP contribution < -0.4 is 16.2 Å². The maximum atomic E-state index is 14.8. The van der Waals surface area contributed by atoms with E-state index in [-0.39, 0.29) is 23.7 Å². The van der Waals surface area contributed by atoms with Gasteiger partial charge in [0.1, 0.15) is 11.4 Å². The molecule has 0 saturated heterocycles. The molecule has 0 atom stereocenters. The summed E-state index contributed by atoms with van der Waals surface area (Å²) in [5, 5.41) is 1.61. The van der Waals surface area contributed by atoms with Gasteiger partial charge in [0.05, 0.1) is 11.3 Å². The summed E-state index contributed by atoms with van der Waals surface area (Å²) >= 11 is 0. The number of amides is 1. The molecule has 128 valence electrons. The molecule has 3 rings (SSSR count). The Morgan fingerprint density at radius 1 is 1.28 bits per heavy atom. The van der Waals surface area contributed by atoms with Gasteiger partial charge in [0.25, 0.3) is 5.91 Å². The van der Waals surface area contributed by atoms with Crippen LogP contribution in [0.4, 0.5) is 10.1 Å². The lowest BCUT2D eigenvalue weighted by Crippen LogP contribution is -2.15. The molecule has 0 fully saturated rings. The number of carbonyl (C=O) groups excluding carboxylic acids is 1. The minimum atomic E-state index is -0.836. The Labute approximate surface area is 143 Å². The third-order valence-corrected chi connectivity index (χ3v) is 3.76. The van der Waals surface area contributed by atoms with Crippen LogP contribution in [0.5, 0.6) is 5.75 Å². The number of anilines is 1. The summed E-state index contributed by atoms with van der Waals surface area (Å²) in [6.07, 6.45) is 1.17. The van der Waals surface area contributed by atoms with Gasteiger partial charge in [0.2, 0.25) is 0 Å². The molecular weight excluding hydrogens is 325 g/mol. The maximum absolute atomic E-state index is 14.8. The number of pyridine rings is 1. The Morgan fingerprint density at radius 3 is 2.76 bits per heavy atom. The van der Waals surface area contributed by atoms with Crippen LogP contribution in [0.1, 0.15) is 10.4 Å². The van der Waals surface area contributed by atoms with Crippen LogP contribution in [0.3, 0.4) is 0 Å². The van der Waals surface area contributed by atoms with E-state index in [1.54, 1.807) is 6.07 Å². The Morgan fingerprint density at radius 2 is 2.04 bits per heavy atom. The number of methoxy groups -OCH3 is 1. The molecule has 6 nitrogen and oxygen atoms in total. The Kier molecular flexibility index (Phi) is 4.49. The number of primary amides is 1. The van der Waals surface area contributed by atoms with Gasteiger partial charge in [-0.15, -0.1) is 0 Å². The molecule has 4 N–H and O–H groups in total. The highest BCUT2D eigenvalue weighted by molar-refractivity contribution is 6.01. The van der Waals surface area contributed by atoms with Gasteiger partial charge in [-0.2, -0.15) is 0 Å². The van der Waals surface area contributed by atoms with Crippen molar-refractivity contribution in [3.05, 3.63) is 54.0 Å². The molecule has 0 aliphatic carbocycles. The summed E-state index contributed by atoms with van der Waals surface area (Å²) in [5.74, 6) is -1.14. The molecule has 0 radical (unpaired) electrons. The van der Waals surface area contributed by atoms with E-state index in [0.717, 1.165) is 10.8 Å². The Balaban J connectivity index is 2.24. The van der Waals surface area contributed by atoms with Gasteiger partial charge >= 0.3 is 0 Å². The maximum Gasteiger partial charge on any atom is 0.252 e. The number of hydrogen-bond donors (Lipinski definition) is 2. The Hall–Kier alpha value is -3.19. The quantitative estimate of drug-likeness (QED) is 0.695. The van der Waals surface area contributed by atoms with Crippen LogP contribution >= 0.6 is 0 Å². The number of hydrogen-bond acceptors (Lipinski definition) is 5. The molecule has 0 aliphatic rings. The molecule has 0 unspecified atom stereocenters. The first-order chi connectivity index (χ1) is 12.0. The molecule has 0 aliphatic heterocycles. The number of halogens is 1. The molecule has 1 heterocycles. The van der Waals surface area contributed by atoms with Crippen molar-refractivity contribution < 1.29 is 18.7 Å². The summed E-state index contributed by atoms with van der Waals surface area (Å²) in [5.41, 5.74) is 10.9. The van der Waals surface area contributed by atoms with E-state index in [0.29, 0.717) is 11.3 Å². The summed E-state index contributed by atoms with van der Waals surface area (Å²) in [4.78, 5) is 15.4. The van der Waals surface area contributed by atoms with E-state index in [1.807, 2.05) is 30.3 Å². The minimum absolute atomic E-state index is 0.0153. The highest BCUT2D eigenvalue weighted by atomic mass is 19.1. The van der Waals surface area contributed by atoms with Gasteiger partial charge in [0.15, 0.2) is 12.6 Å². The fourth-order valence-electron chi connectivity index (χ4n) is 2.57. The van der Waals surface area contributed by atoms with Crippen LogP contribution in [0, 0.1) is 5.82 Å². The second-order valence-electron chi connectivity index (χ2n) is 5.36. The van der Waals surface area contributed by atoms with Crippen LogP contribution in [-0.4, -0.2) is 24.8 Å². The zero-order valence-corrected chi connectivity index (χ0v) is 13.5. The second-order valence-corrected chi connectivity index (χ2v) is 5.36. The zero-order chi connectivity index (χ0) is 18.0. The third kappa shape index (κ3) is 3.09. The molecular formula is C18H16FN3O3. The van der Waals surface area contributed by atoms with Gasteiger partial charge in [-0.05, 0) is 22.9 Å². The number of rotatable bonds is 5. The molecule has 1 aromatic heterocycles. The number of nitrogens with two attached hydrogens (primary N) is 2. The minimum Gasteiger partial charge on any atom is -0.468 e. The number of carbonyl (C=O) groups is 1. The van der Waals surface area contributed by atoms with Crippen LogP contribution in [0.15, 0.2) is 42.6 Å². The van der Waals surface area contributed by atoms with Gasteiger partial charge in [-0.1, -0.05) is 24.3 Å². The smallest absolute Gasteiger partial charge is 0.252 e. The van der Waals surface area contributed by atoms with Gasteiger partial charge in [-0.3, -0.25) is 9.78 Å². The van der Waals surface area contributed by atoms with Gasteiger partial charge in [-0.25, -0.2) is 4.39 Å². The number of nitrogens with zero attached hydrogens (tertiary/aromatic N) is 1. The second kappa shape index (κ2) is 6.74. The largest absolute Gasteiger partial charge is 0.468 e. The van der Waals surface area contributed by atoms with E-state index < -0.39 is 11.7 Å². The topological polar surface area (TPSA) is 100 Å². The van der Waals surface area contributed by atoms with E-state index in [1.165, 1.54) is 13.3 Å². The molecule has 0 bridgehead atoms. The van der Waals surface area contributed by atoms with Crippen molar-refractivity contribution in [3.8, 4) is 17.0 Å². The first kappa shape index (κ1) is 16.7. The number of ether oxygens (including phenoxy) is 2. The van der Waals surface area contributed by atoms with Crippen molar-refractivity contribution in [2.75, 3.05) is 19.6 Å². The summed E-state index contributed by atoms with van der Waals surface area (Å²) < 4.78 is 25.1. The van der Waals surface area contributed by atoms with E-state index in [2.05, 4.69) is 4.98 Å². The van der Waals surface area contributed by atoms with E-state index in [9.17, 15) is 9.18 Å². The average Bonchev–Trinajstić information content (AvgIpc) is 2.61. The molecule has 7 heteroatoms. The molecule has 2 aromatic carbocycles. The monoisotopic (exact) mass is 341 g/mol. The normalized spacial score (nSPS) is 10.8. The fourth-order valence-corrected chi connectivity index (χ4v) is 2.57. The summed E-state index contributed by atoms with van der Waals surface area (Å²) in [7, 11) is 1.51. The van der Waals surface area contributed by atoms with Crippen LogP contribution in [-0.2, 0) is 4.74 Å². The standard InChI is InChI=1S/C18H16FN3O3/c1-24-9-25-11-6-10-4-2-3-5-12(10)13(7-11)17-15(19)16(20)14(8-22-17)18(21)23/h2-8H,9H2,1H3,(H2,20,22)(H2,21,23). The van der Waals surface area contributed by atoms with Crippen molar-refractivity contribution >= 4 is 22.4 Å². The molecule has 3 aromatic rings. The summed E-state index contributed by atoms with van der Waals surface area (Å²) in [6.45, 7) is 0.0520. The fraction of sp³-hybridized carbons (Fsp3) is 0.111. The number of nitrogen functional groups attached to an aromatic ring is 1. The lowest BCUT2D eigenvalue weighted by molar-refractivity contribution is 0.0512. The number of benzene rings is 2. The molecule has 0 spiro atoms. The van der Waals surface area contributed by atoms with Crippen LogP contribution in [0.2, 0.25) is 0 Å². The molecule has 1 amide bonds. The van der Waals surface area contributed by atoms with Crippen LogP contribution in [0.25, 0.3) is 22.0 Å². The lowest BCUT2D eigenvalue weighted by Gasteiger charge is -2.13. The lowest BCUT2D eigenvalue weighted by atomic mass is 10.00. The van der Waals surface area contributed by atoms with E-state index >= 15 is 0 Å².